The van der Waals surface area contributed by atoms with Gasteiger partial charge in [0, 0.05) is 44.6 Å². The normalized spacial score (nSPS) is 20.5. The zero-order valence-corrected chi connectivity index (χ0v) is 11.1. The lowest BCUT2D eigenvalue weighted by Gasteiger charge is -2.33. The minimum absolute atomic E-state index is 0.451. The highest BCUT2D eigenvalue weighted by molar-refractivity contribution is 5.19. The average Bonchev–Trinajstić information content (AvgIpc) is 3.00. The van der Waals surface area contributed by atoms with Crippen molar-refractivity contribution < 1.29 is 0 Å². The summed E-state index contributed by atoms with van der Waals surface area (Å²) in [5.74, 6) is 0. The monoisotopic (exact) mass is 256 g/mol. The summed E-state index contributed by atoms with van der Waals surface area (Å²) in [6.07, 6.45) is 3.86. The first-order valence-electron chi connectivity index (χ1n) is 6.90. The van der Waals surface area contributed by atoms with E-state index in [2.05, 4.69) is 45.6 Å². The summed E-state index contributed by atoms with van der Waals surface area (Å²) in [6, 6.07) is 13.1. The Morgan fingerprint density at radius 3 is 2.84 bits per heavy atom. The molecule has 0 aliphatic carbocycles. The highest BCUT2D eigenvalue weighted by Crippen LogP contribution is 2.16. The van der Waals surface area contributed by atoms with Crippen LogP contribution in [0.5, 0.6) is 0 Å². The van der Waals surface area contributed by atoms with Crippen molar-refractivity contribution in [1.82, 2.24) is 20.0 Å². The number of rotatable bonds is 4. The van der Waals surface area contributed by atoms with Crippen LogP contribution in [0.2, 0.25) is 0 Å². The zero-order valence-electron chi connectivity index (χ0n) is 11.1. The van der Waals surface area contributed by atoms with Gasteiger partial charge in [0.15, 0.2) is 0 Å². The van der Waals surface area contributed by atoms with Crippen molar-refractivity contribution in [2.45, 2.75) is 12.6 Å². The Morgan fingerprint density at radius 2 is 2.05 bits per heavy atom. The van der Waals surface area contributed by atoms with Gasteiger partial charge in [-0.3, -0.25) is 9.58 Å². The molecular weight excluding hydrogens is 236 g/mol. The van der Waals surface area contributed by atoms with Crippen LogP contribution in [0.4, 0.5) is 0 Å². The fourth-order valence-corrected chi connectivity index (χ4v) is 2.60. The first kappa shape index (κ1) is 12.4. The molecular formula is C15H20N4. The molecule has 19 heavy (non-hydrogen) atoms. The van der Waals surface area contributed by atoms with Crippen LogP contribution in [0.3, 0.4) is 0 Å². The molecule has 1 saturated heterocycles. The zero-order chi connectivity index (χ0) is 12.9. The Balaban J connectivity index is 1.56. The minimum atomic E-state index is 0.451. The molecule has 1 aromatic heterocycles. The van der Waals surface area contributed by atoms with Gasteiger partial charge in [0.2, 0.25) is 0 Å². The molecule has 1 aliphatic heterocycles. The standard InChI is InChI=1S/C15H20N4/c1-2-5-14(6-3-1)15-13-18(10-8-16-15)11-12-19-9-4-7-17-19/h1-7,9,15-16H,8,10-13H2. The SMILES string of the molecule is c1ccc(C2CN(CCn3cccn3)CCN2)cc1. The topological polar surface area (TPSA) is 33.1 Å². The molecule has 0 amide bonds. The van der Waals surface area contributed by atoms with Gasteiger partial charge in [-0.1, -0.05) is 30.3 Å². The third-order valence-electron chi connectivity index (χ3n) is 3.67. The number of aromatic nitrogens is 2. The lowest BCUT2D eigenvalue weighted by atomic mass is 10.0. The second-order valence-electron chi connectivity index (χ2n) is 4.99. The lowest BCUT2D eigenvalue weighted by Crippen LogP contribution is -2.46. The van der Waals surface area contributed by atoms with E-state index in [0.29, 0.717) is 6.04 Å². The van der Waals surface area contributed by atoms with Gasteiger partial charge >= 0.3 is 0 Å². The summed E-state index contributed by atoms with van der Waals surface area (Å²) in [4.78, 5) is 2.51. The van der Waals surface area contributed by atoms with Gasteiger partial charge < -0.3 is 5.32 Å². The molecule has 3 rings (SSSR count). The Hall–Kier alpha value is -1.65. The molecule has 1 atom stereocenters. The van der Waals surface area contributed by atoms with Gasteiger partial charge in [0.1, 0.15) is 0 Å². The fourth-order valence-electron chi connectivity index (χ4n) is 2.60. The maximum absolute atomic E-state index is 4.25. The van der Waals surface area contributed by atoms with Gasteiger partial charge in [0.05, 0.1) is 6.54 Å². The van der Waals surface area contributed by atoms with Gasteiger partial charge in [-0.15, -0.1) is 0 Å². The van der Waals surface area contributed by atoms with Crippen molar-refractivity contribution >= 4 is 0 Å². The molecule has 4 heteroatoms. The molecule has 1 aromatic carbocycles. The molecule has 2 aromatic rings. The number of benzene rings is 1. The Morgan fingerprint density at radius 1 is 1.16 bits per heavy atom. The summed E-state index contributed by atoms with van der Waals surface area (Å²) in [5.41, 5.74) is 1.38. The smallest absolute Gasteiger partial charge is 0.0536 e. The molecule has 0 saturated carbocycles. The van der Waals surface area contributed by atoms with Crippen LogP contribution in [-0.2, 0) is 6.54 Å². The van der Waals surface area contributed by atoms with Gasteiger partial charge in [-0.25, -0.2) is 0 Å². The summed E-state index contributed by atoms with van der Waals surface area (Å²) >= 11 is 0. The third kappa shape index (κ3) is 3.22. The number of hydrogen-bond donors (Lipinski definition) is 1. The molecule has 1 fully saturated rings. The predicted molar refractivity (Wildman–Crippen MR) is 75.9 cm³/mol. The fraction of sp³-hybridized carbons (Fsp3) is 0.400. The van der Waals surface area contributed by atoms with Gasteiger partial charge in [-0.05, 0) is 11.6 Å². The van der Waals surface area contributed by atoms with E-state index < -0.39 is 0 Å². The number of hydrogen-bond acceptors (Lipinski definition) is 3. The largest absolute Gasteiger partial charge is 0.308 e. The molecule has 2 heterocycles. The molecule has 4 nitrogen and oxygen atoms in total. The molecule has 1 aliphatic rings. The van der Waals surface area contributed by atoms with E-state index in [1.54, 1.807) is 0 Å². The van der Waals surface area contributed by atoms with Crippen molar-refractivity contribution in [2.24, 2.45) is 0 Å². The maximum Gasteiger partial charge on any atom is 0.0536 e. The Bertz CT molecular complexity index is 480. The quantitative estimate of drug-likeness (QED) is 0.900. The van der Waals surface area contributed by atoms with Crippen LogP contribution in [0.15, 0.2) is 48.8 Å². The van der Waals surface area contributed by atoms with E-state index >= 15 is 0 Å². The predicted octanol–water partition coefficient (Wildman–Crippen LogP) is 1.53. The van der Waals surface area contributed by atoms with Crippen LogP contribution < -0.4 is 5.32 Å². The summed E-state index contributed by atoms with van der Waals surface area (Å²) < 4.78 is 2.00. The third-order valence-corrected chi connectivity index (χ3v) is 3.67. The first-order chi connectivity index (χ1) is 9.42. The van der Waals surface area contributed by atoms with E-state index in [9.17, 15) is 0 Å². The van der Waals surface area contributed by atoms with Crippen molar-refractivity contribution in [2.75, 3.05) is 26.2 Å². The second-order valence-corrected chi connectivity index (χ2v) is 4.99. The van der Waals surface area contributed by atoms with E-state index in [0.717, 1.165) is 32.7 Å². The molecule has 100 valence electrons. The van der Waals surface area contributed by atoms with E-state index in [4.69, 9.17) is 0 Å². The van der Waals surface area contributed by atoms with Crippen molar-refractivity contribution in [3.8, 4) is 0 Å². The van der Waals surface area contributed by atoms with E-state index in [-0.39, 0.29) is 0 Å². The number of nitrogens with zero attached hydrogens (tertiary/aromatic N) is 3. The lowest BCUT2D eigenvalue weighted by molar-refractivity contribution is 0.192. The Labute approximate surface area is 114 Å². The number of piperazine rings is 1. The molecule has 1 N–H and O–H groups in total. The van der Waals surface area contributed by atoms with E-state index in [1.165, 1.54) is 5.56 Å². The number of nitrogens with one attached hydrogen (secondary N) is 1. The molecule has 0 spiro atoms. The first-order valence-corrected chi connectivity index (χ1v) is 6.90. The maximum atomic E-state index is 4.25. The van der Waals surface area contributed by atoms with Crippen LogP contribution in [0.25, 0.3) is 0 Å². The van der Waals surface area contributed by atoms with Crippen molar-refractivity contribution in [3.05, 3.63) is 54.4 Å². The second kappa shape index (κ2) is 5.99. The highest BCUT2D eigenvalue weighted by Gasteiger charge is 2.19. The van der Waals surface area contributed by atoms with Crippen molar-refractivity contribution in [3.63, 3.8) is 0 Å². The van der Waals surface area contributed by atoms with E-state index in [1.807, 2.05) is 23.1 Å². The molecule has 1 unspecified atom stereocenters. The summed E-state index contributed by atoms with van der Waals surface area (Å²) in [7, 11) is 0. The average molecular weight is 256 g/mol. The van der Waals surface area contributed by atoms with Crippen molar-refractivity contribution in [1.29, 1.82) is 0 Å². The van der Waals surface area contributed by atoms with Crippen LogP contribution in [0.1, 0.15) is 11.6 Å². The Kier molecular flexibility index (Phi) is 3.91. The highest BCUT2D eigenvalue weighted by atomic mass is 15.3. The summed E-state index contributed by atoms with van der Waals surface area (Å²) in [5, 5.41) is 7.85. The molecule has 0 bridgehead atoms. The molecule has 0 radical (unpaired) electrons. The van der Waals surface area contributed by atoms with Gasteiger partial charge in [-0.2, -0.15) is 5.10 Å². The van der Waals surface area contributed by atoms with Crippen LogP contribution in [0, 0.1) is 0 Å². The minimum Gasteiger partial charge on any atom is -0.308 e. The van der Waals surface area contributed by atoms with Gasteiger partial charge in [0.25, 0.3) is 0 Å². The summed E-state index contributed by atoms with van der Waals surface area (Å²) in [6.45, 7) is 5.27. The van der Waals surface area contributed by atoms with Crippen LogP contribution >= 0.6 is 0 Å². The van der Waals surface area contributed by atoms with Crippen LogP contribution in [-0.4, -0.2) is 40.9 Å².